The molecule has 2 aromatic carbocycles. The van der Waals surface area contributed by atoms with Gasteiger partial charge in [-0.25, -0.2) is 0 Å². The van der Waals surface area contributed by atoms with Crippen LogP contribution in [0.1, 0.15) is 545 Å². The number of aryl methyl sites for hydroxylation is 2. The standard InChI is InChI=1S/C55H90N2.2C23H47.Ni/c1-5-8-11-13-15-16-17-18-19-20-21-22-23-24-25-26-27-28-29-30-31-32-33-35-38-50-39-37-41-52(47-50)55(51-45-43-49(4)44-46-51)54(42-10-7-3)53(48-57-56)40-36-34-14-12-9-6-2;2*1-3-5-7-9-11-13-15-17-19-21-23-22-20-18-16-14-12-10-8-6-4-2;/h37,39,41,43-47H,5-36,38,40,42H2,1-4H3;2*1,3-23H2,2H3;. The molecule has 0 saturated carbocycles. The Labute approximate surface area is 660 Å². The van der Waals surface area contributed by atoms with Crippen molar-refractivity contribution < 1.29 is 19.2 Å². The van der Waals surface area contributed by atoms with Crippen molar-refractivity contribution in [1.82, 2.24) is 0 Å². The minimum atomic E-state index is 0.907. The van der Waals surface area contributed by atoms with E-state index in [0.717, 1.165) is 44.1 Å². The molecular formula is C101H184N2Ni. The van der Waals surface area contributed by atoms with Crippen molar-refractivity contribution in [2.24, 2.45) is 0 Å². The maximum atomic E-state index is 9.76. The SMILES string of the molecule is CCCCCCCCCCCCCCCCCCCCCCCCCCc1cccc(C(=C(CCCC)C(=C=[N+]=[N-])CCCCCCCC)c2ccc(C)cc2)c1.CCCCCCCCCCCCCCCCCCCCCC[CH2][Ni][CH2]CCCCCCCCCCCCCCCCCCCCCC. The summed E-state index contributed by atoms with van der Waals surface area (Å²) in [4.78, 5) is 3.49. The topological polar surface area (TPSA) is 36.4 Å². The Hall–Kier alpha value is -2.17. The zero-order chi connectivity index (χ0) is 74.7. The summed E-state index contributed by atoms with van der Waals surface area (Å²) in [6.45, 7) is 13.6. The third kappa shape index (κ3) is 69.1. The van der Waals surface area contributed by atoms with Crippen LogP contribution in [0.25, 0.3) is 11.1 Å². The summed E-state index contributed by atoms with van der Waals surface area (Å²) in [7, 11) is 0. The molecule has 3 heteroatoms. The van der Waals surface area contributed by atoms with Crippen LogP contribution in [-0.2, 0) is 20.9 Å². The minimum absolute atomic E-state index is 0.907. The Morgan fingerprint density at radius 1 is 0.279 bits per heavy atom. The zero-order valence-electron chi connectivity index (χ0n) is 71.7. The van der Waals surface area contributed by atoms with Gasteiger partial charge in [0, 0.05) is 0 Å². The van der Waals surface area contributed by atoms with Crippen molar-refractivity contribution in [3.8, 4) is 0 Å². The first-order valence-corrected chi connectivity index (χ1v) is 49.3. The van der Waals surface area contributed by atoms with E-state index < -0.39 is 0 Å². The van der Waals surface area contributed by atoms with Gasteiger partial charge in [-0.1, -0.05) is 403 Å². The number of nitrogens with zero attached hydrogens (tertiary/aromatic N) is 2. The Bertz CT molecular complexity index is 2080. The molecule has 0 atom stereocenters. The van der Waals surface area contributed by atoms with Crippen molar-refractivity contribution in [3.63, 3.8) is 0 Å². The van der Waals surface area contributed by atoms with E-state index in [1.165, 1.54) is 500 Å². The summed E-state index contributed by atoms with van der Waals surface area (Å²) in [6, 6.07) is 18.3. The van der Waals surface area contributed by atoms with Crippen LogP contribution in [0.15, 0.2) is 59.7 Å². The van der Waals surface area contributed by atoms with Gasteiger partial charge in [-0.2, -0.15) is 0 Å². The molecule has 0 amide bonds. The normalized spacial score (nSPS) is 11.7. The van der Waals surface area contributed by atoms with Crippen LogP contribution in [-0.4, -0.2) is 10.7 Å². The molecule has 0 unspecified atom stereocenters. The van der Waals surface area contributed by atoms with E-state index in [-0.39, 0.29) is 0 Å². The van der Waals surface area contributed by atoms with Crippen LogP contribution in [0.3, 0.4) is 0 Å². The van der Waals surface area contributed by atoms with Crippen LogP contribution in [0.4, 0.5) is 0 Å². The first-order valence-electron chi connectivity index (χ1n) is 47.9. The molecule has 0 bridgehead atoms. The quantitative estimate of drug-likeness (QED) is 0.0158. The van der Waals surface area contributed by atoms with E-state index in [9.17, 15) is 5.53 Å². The van der Waals surface area contributed by atoms with E-state index >= 15 is 0 Å². The fourth-order valence-electron chi connectivity index (χ4n) is 15.9. The van der Waals surface area contributed by atoms with Gasteiger partial charge in [-0.05, 0) is 73.3 Å². The van der Waals surface area contributed by atoms with Gasteiger partial charge in [-0.3, -0.25) is 0 Å². The van der Waals surface area contributed by atoms with E-state index in [0.29, 0.717) is 0 Å². The van der Waals surface area contributed by atoms with E-state index in [2.05, 4.69) is 115 Å². The van der Waals surface area contributed by atoms with Crippen molar-refractivity contribution in [3.05, 3.63) is 87.5 Å². The molecule has 2 aromatic rings. The van der Waals surface area contributed by atoms with Crippen molar-refractivity contribution in [2.45, 2.75) is 547 Å². The zero-order valence-corrected chi connectivity index (χ0v) is 72.7. The molecule has 0 aliphatic carbocycles. The molecule has 0 radical (unpaired) electrons. The number of rotatable bonds is 82. The second kappa shape index (κ2) is 84.8. The molecule has 0 N–H and O–H groups in total. The Morgan fingerprint density at radius 3 is 0.817 bits per heavy atom. The predicted molar refractivity (Wildman–Crippen MR) is 468 cm³/mol. The second-order valence-electron chi connectivity index (χ2n) is 33.2. The summed E-state index contributed by atoms with van der Waals surface area (Å²) < 4.78 is 0. The van der Waals surface area contributed by atoms with Crippen LogP contribution in [0.5, 0.6) is 0 Å². The molecule has 0 saturated heterocycles. The molecule has 2 nitrogen and oxygen atoms in total. The van der Waals surface area contributed by atoms with Gasteiger partial charge in [0.2, 0.25) is 0 Å². The Kier molecular flexibility index (Phi) is 81.5. The Morgan fingerprint density at radius 2 is 0.538 bits per heavy atom. The maximum absolute atomic E-state index is 9.76. The molecule has 2 rings (SSSR count). The third-order valence-electron chi connectivity index (χ3n) is 22.9. The second-order valence-corrected chi connectivity index (χ2v) is 34.7. The summed E-state index contributed by atoms with van der Waals surface area (Å²) in [6.07, 6.45) is 109. The van der Waals surface area contributed by atoms with E-state index in [4.69, 9.17) is 0 Å². The van der Waals surface area contributed by atoms with Crippen LogP contribution in [0.2, 0.25) is 10.8 Å². The average Bonchev–Trinajstić information content (AvgIpc) is 0.803. The fourth-order valence-corrected chi connectivity index (χ4v) is 17.1. The number of hydrogen-bond donors (Lipinski definition) is 0. The molecular weight excluding hydrogens is 1300 g/mol. The third-order valence-corrected chi connectivity index (χ3v) is 24.3. The smallest absolute Gasteiger partial charge is 0.0654 e. The number of benzene rings is 2. The summed E-state index contributed by atoms with van der Waals surface area (Å²) in [5, 5.41) is 2.87. The summed E-state index contributed by atoms with van der Waals surface area (Å²) in [5.41, 5.74) is 18.7. The first kappa shape index (κ1) is 99.8. The number of hydrogen-bond acceptors (Lipinski definition) is 0. The van der Waals surface area contributed by atoms with Gasteiger partial charge in [0.05, 0.1) is 5.57 Å². The molecule has 0 aliphatic rings. The van der Waals surface area contributed by atoms with Crippen molar-refractivity contribution in [1.29, 1.82) is 0 Å². The monoisotopic (exact) mass is 1480 g/mol. The number of allylic oxidation sites excluding steroid dienone is 2. The van der Waals surface area contributed by atoms with Gasteiger partial charge >= 0.3 is 172 Å². The molecule has 0 aromatic heterocycles. The van der Waals surface area contributed by atoms with Crippen LogP contribution >= 0.6 is 0 Å². The van der Waals surface area contributed by atoms with Gasteiger partial charge < -0.3 is 5.53 Å². The molecule has 608 valence electrons. The van der Waals surface area contributed by atoms with Crippen molar-refractivity contribution in [2.75, 3.05) is 0 Å². The van der Waals surface area contributed by atoms with Crippen LogP contribution < -0.4 is 0 Å². The van der Waals surface area contributed by atoms with Gasteiger partial charge in [0.1, 0.15) is 0 Å². The minimum Gasteiger partial charge on any atom is -0.0654 e. The van der Waals surface area contributed by atoms with Gasteiger partial charge in [-0.15, -0.1) is 4.79 Å². The summed E-state index contributed by atoms with van der Waals surface area (Å²) in [5.74, 6) is 3.07. The fraction of sp³-hybridized carbons (Fsp3) is 0.842. The predicted octanol–water partition coefficient (Wildman–Crippen LogP) is 36.8. The Balaban J connectivity index is 0.00000106. The average molecular weight is 1490 g/mol. The van der Waals surface area contributed by atoms with Crippen molar-refractivity contribution >= 4 is 11.4 Å². The van der Waals surface area contributed by atoms with E-state index in [1.54, 1.807) is 0 Å². The molecule has 0 aliphatic heterocycles. The molecule has 0 fully saturated rings. The van der Waals surface area contributed by atoms with E-state index in [1.807, 2.05) is 0 Å². The molecule has 0 spiro atoms. The van der Waals surface area contributed by atoms with Gasteiger partial charge in [0.15, 0.2) is 0 Å². The molecule has 104 heavy (non-hydrogen) atoms. The summed E-state index contributed by atoms with van der Waals surface area (Å²) >= 11 is 2.05. The number of unbranched alkanes of at least 4 members (excludes halogenated alkanes) is 69. The van der Waals surface area contributed by atoms with Gasteiger partial charge in [0.25, 0.3) is 0 Å². The van der Waals surface area contributed by atoms with Crippen LogP contribution in [0, 0.1) is 6.92 Å². The first-order chi connectivity index (χ1) is 51.6. The molecule has 0 heterocycles.